The normalized spacial score (nSPS) is 18.1. The van der Waals surface area contributed by atoms with Gasteiger partial charge in [0.1, 0.15) is 23.8 Å². The Balaban J connectivity index is 1.47. The zero-order valence-corrected chi connectivity index (χ0v) is 18.0. The zero-order valence-electron chi connectivity index (χ0n) is 18.0. The van der Waals surface area contributed by atoms with Crippen LogP contribution in [-0.4, -0.2) is 67.4 Å². The highest BCUT2D eigenvalue weighted by Crippen LogP contribution is 2.34. The molecule has 31 heavy (non-hydrogen) atoms. The fraction of sp³-hybridized carbons (Fsp3) is 0.565. The number of fused-ring (bicyclic) bond motifs is 1. The first-order chi connectivity index (χ1) is 15.1. The van der Waals surface area contributed by atoms with Crippen molar-refractivity contribution in [1.29, 1.82) is 0 Å². The third-order valence-corrected chi connectivity index (χ3v) is 5.75. The quantitative estimate of drug-likeness (QED) is 0.532. The number of carbonyl (C=O) groups excluding carboxylic acids is 2. The number of rotatable bonds is 7. The van der Waals surface area contributed by atoms with E-state index in [1.807, 2.05) is 6.07 Å². The summed E-state index contributed by atoms with van der Waals surface area (Å²) in [5.41, 5.74) is 0.991. The fourth-order valence-electron chi connectivity index (χ4n) is 4.14. The highest BCUT2D eigenvalue weighted by atomic mass is 16.5. The maximum absolute atomic E-state index is 12.6. The van der Waals surface area contributed by atoms with E-state index < -0.39 is 11.9 Å². The van der Waals surface area contributed by atoms with Crippen LogP contribution in [0.15, 0.2) is 18.2 Å². The van der Waals surface area contributed by atoms with Crippen LogP contribution in [0.4, 0.5) is 0 Å². The van der Waals surface area contributed by atoms with E-state index in [9.17, 15) is 9.59 Å². The average molecular weight is 431 g/mol. The van der Waals surface area contributed by atoms with E-state index in [1.165, 1.54) is 13.3 Å². The standard InChI is InChI=1S/C23H30N2O6/c1-16(26)30-22-14-18(31-17-5-3-2-4-6-17)13-20-19(22)15-21(24-20)23(27)29-12-9-25-7-10-28-11-8-25/h13-15,17,24H,2-12H2,1H3. The first-order valence-electron chi connectivity index (χ1n) is 11.1. The van der Waals surface area contributed by atoms with Crippen molar-refractivity contribution in [2.24, 2.45) is 0 Å². The number of aromatic nitrogens is 1. The molecule has 0 unspecified atom stereocenters. The first kappa shape index (κ1) is 21.6. The molecule has 0 amide bonds. The van der Waals surface area contributed by atoms with Gasteiger partial charge in [-0.05, 0) is 31.7 Å². The van der Waals surface area contributed by atoms with E-state index in [2.05, 4.69) is 9.88 Å². The molecule has 0 atom stereocenters. The number of nitrogens with zero attached hydrogens (tertiary/aromatic N) is 1. The third kappa shape index (κ3) is 5.77. The lowest BCUT2D eigenvalue weighted by Crippen LogP contribution is -2.38. The predicted octanol–water partition coefficient (Wildman–Crippen LogP) is 3.29. The smallest absolute Gasteiger partial charge is 0.354 e. The lowest BCUT2D eigenvalue weighted by molar-refractivity contribution is -0.131. The molecule has 8 nitrogen and oxygen atoms in total. The van der Waals surface area contributed by atoms with Crippen LogP contribution in [0.1, 0.15) is 49.5 Å². The second kappa shape index (κ2) is 10.2. The van der Waals surface area contributed by atoms with E-state index in [0.29, 0.717) is 54.5 Å². The molecule has 1 aromatic carbocycles. The molecular formula is C23H30N2O6. The van der Waals surface area contributed by atoms with Crippen LogP contribution in [0.2, 0.25) is 0 Å². The van der Waals surface area contributed by atoms with Crippen molar-refractivity contribution in [1.82, 2.24) is 9.88 Å². The minimum absolute atomic E-state index is 0.163. The van der Waals surface area contributed by atoms with Gasteiger partial charge in [0.15, 0.2) is 0 Å². The Kier molecular flexibility index (Phi) is 7.09. The minimum atomic E-state index is -0.437. The summed E-state index contributed by atoms with van der Waals surface area (Å²) in [7, 11) is 0. The number of aromatic amines is 1. The predicted molar refractivity (Wildman–Crippen MR) is 115 cm³/mol. The summed E-state index contributed by atoms with van der Waals surface area (Å²) in [5, 5.41) is 0.645. The summed E-state index contributed by atoms with van der Waals surface area (Å²) in [5.74, 6) is 0.143. The SMILES string of the molecule is CC(=O)Oc1cc(OC2CCCCC2)cc2[nH]c(C(=O)OCCN3CCOCC3)cc12. The number of H-pyrrole nitrogens is 1. The Labute approximate surface area is 181 Å². The van der Waals surface area contributed by atoms with Gasteiger partial charge in [0.2, 0.25) is 0 Å². The number of hydrogen-bond donors (Lipinski definition) is 1. The summed E-state index contributed by atoms with van der Waals surface area (Å²) in [4.78, 5) is 29.5. The summed E-state index contributed by atoms with van der Waals surface area (Å²) in [6.45, 7) is 5.45. The van der Waals surface area contributed by atoms with E-state index in [4.69, 9.17) is 18.9 Å². The van der Waals surface area contributed by atoms with Crippen LogP contribution in [0.3, 0.4) is 0 Å². The number of ether oxygens (including phenoxy) is 4. The molecule has 1 aromatic heterocycles. The third-order valence-electron chi connectivity index (χ3n) is 5.75. The molecule has 8 heteroatoms. The topological polar surface area (TPSA) is 90.1 Å². The number of esters is 2. The van der Waals surface area contributed by atoms with Crippen molar-refractivity contribution in [2.75, 3.05) is 39.5 Å². The Bertz CT molecular complexity index is 912. The Morgan fingerprint density at radius 1 is 1.13 bits per heavy atom. The van der Waals surface area contributed by atoms with Gasteiger partial charge in [-0.3, -0.25) is 9.69 Å². The van der Waals surface area contributed by atoms with Crippen molar-refractivity contribution in [3.05, 3.63) is 23.9 Å². The van der Waals surface area contributed by atoms with Gasteiger partial charge >= 0.3 is 11.9 Å². The van der Waals surface area contributed by atoms with Crippen LogP contribution in [0.5, 0.6) is 11.5 Å². The van der Waals surface area contributed by atoms with Gasteiger partial charge in [-0.15, -0.1) is 0 Å². The van der Waals surface area contributed by atoms with Crippen molar-refractivity contribution < 1.29 is 28.5 Å². The second-order valence-electron chi connectivity index (χ2n) is 8.13. The van der Waals surface area contributed by atoms with Gasteiger partial charge < -0.3 is 23.9 Å². The summed E-state index contributed by atoms with van der Waals surface area (Å²) in [6, 6.07) is 5.23. The van der Waals surface area contributed by atoms with Crippen LogP contribution in [0.25, 0.3) is 10.9 Å². The summed E-state index contributed by atoms with van der Waals surface area (Å²) < 4.78 is 22.3. The molecule has 4 rings (SSSR count). The molecule has 1 aliphatic heterocycles. The molecule has 0 spiro atoms. The van der Waals surface area contributed by atoms with Crippen molar-refractivity contribution in [3.63, 3.8) is 0 Å². The summed E-state index contributed by atoms with van der Waals surface area (Å²) >= 11 is 0. The molecule has 1 saturated heterocycles. The Hall–Kier alpha value is -2.58. The van der Waals surface area contributed by atoms with Gasteiger partial charge in [-0.1, -0.05) is 6.42 Å². The van der Waals surface area contributed by atoms with Crippen LogP contribution in [-0.2, 0) is 14.3 Å². The molecule has 0 radical (unpaired) electrons. The minimum Gasteiger partial charge on any atom is -0.490 e. The number of hydrogen-bond acceptors (Lipinski definition) is 7. The molecule has 2 aliphatic rings. The largest absolute Gasteiger partial charge is 0.490 e. The first-order valence-corrected chi connectivity index (χ1v) is 11.1. The van der Waals surface area contributed by atoms with Gasteiger partial charge in [0.25, 0.3) is 0 Å². The number of nitrogens with one attached hydrogen (secondary N) is 1. The number of benzene rings is 1. The van der Waals surface area contributed by atoms with Crippen molar-refractivity contribution in [2.45, 2.75) is 45.1 Å². The molecule has 1 saturated carbocycles. The lowest BCUT2D eigenvalue weighted by atomic mass is 9.98. The van der Waals surface area contributed by atoms with Gasteiger partial charge in [0, 0.05) is 44.1 Å². The molecule has 1 aliphatic carbocycles. The van der Waals surface area contributed by atoms with Gasteiger partial charge in [-0.2, -0.15) is 0 Å². The number of carbonyl (C=O) groups is 2. The van der Waals surface area contributed by atoms with E-state index in [-0.39, 0.29) is 6.10 Å². The molecule has 2 aromatic rings. The molecule has 2 fully saturated rings. The number of morpholine rings is 1. The highest BCUT2D eigenvalue weighted by Gasteiger charge is 2.20. The molecular weight excluding hydrogens is 400 g/mol. The zero-order chi connectivity index (χ0) is 21.6. The van der Waals surface area contributed by atoms with E-state index in [1.54, 1.807) is 12.1 Å². The lowest BCUT2D eigenvalue weighted by Gasteiger charge is -2.26. The average Bonchev–Trinajstić information content (AvgIpc) is 3.19. The van der Waals surface area contributed by atoms with Crippen LogP contribution in [0, 0.1) is 0 Å². The Morgan fingerprint density at radius 3 is 2.65 bits per heavy atom. The van der Waals surface area contributed by atoms with Crippen molar-refractivity contribution >= 4 is 22.8 Å². The highest BCUT2D eigenvalue weighted by molar-refractivity contribution is 5.98. The molecule has 0 bridgehead atoms. The monoisotopic (exact) mass is 430 g/mol. The maximum atomic E-state index is 12.6. The molecule has 2 heterocycles. The summed E-state index contributed by atoms with van der Waals surface area (Å²) in [6.07, 6.45) is 5.76. The van der Waals surface area contributed by atoms with Crippen molar-refractivity contribution in [3.8, 4) is 11.5 Å². The van der Waals surface area contributed by atoms with Gasteiger partial charge in [0.05, 0.1) is 24.8 Å². The van der Waals surface area contributed by atoms with E-state index >= 15 is 0 Å². The van der Waals surface area contributed by atoms with Crippen LogP contribution >= 0.6 is 0 Å². The van der Waals surface area contributed by atoms with Gasteiger partial charge in [-0.25, -0.2) is 4.79 Å². The van der Waals surface area contributed by atoms with Crippen LogP contribution < -0.4 is 9.47 Å². The Morgan fingerprint density at radius 2 is 1.90 bits per heavy atom. The fourth-order valence-corrected chi connectivity index (χ4v) is 4.14. The molecule has 1 N–H and O–H groups in total. The van der Waals surface area contributed by atoms with E-state index in [0.717, 1.165) is 38.8 Å². The second-order valence-corrected chi connectivity index (χ2v) is 8.13. The maximum Gasteiger partial charge on any atom is 0.354 e. The molecule has 168 valence electrons.